The van der Waals surface area contributed by atoms with Gasteiger partial charge in [-0.15, -0.1) is 0 Å². The van der Waals surface area contributed by atoms with Gasteiger partial charge in [-0.1, -0.05) is 232 Å². The molecule has 1 aliphatic carbocycles. The Kier molecular flexibility index (Phi) is 31.4. The lowest BCUT2D eigenvalue weighted by Gasteiger charge is -2.21. The molecule has 0 spiro atoms. The lowest BCUT2D eigenvalue weighted by atomic mass is 9.83. The molecule has 476 valence electrons. The molecule has 6 aromatic rings. The molecular formula is C78H110O9. The predicted molar refractivity (Wildman–Crippen MR) is 363 cm³/mol. The second kappa shape index (κ2) is 39.8. The molecule has 0 aromatic heterocycles. The Morgan fingerprint density at radius 1 is 0.230 bits per heavy atom. The molecular weight excluding hydrogens is 1080 g/mol. The van der Waals surface area contributed by atoms with E-state index in [-0.39, 0.29) is 11.6 Å². The quantitative estimate of drug-likeness (QED) is 0.0273. The molecule has 9 heteroatoms. The first kappa shape index (κ1) is 68.5. The first-order valence-electron chi connectivity index (χ1n) is 35.2. The molecule has 0 saturated carbocycles. The normalized spacial score (nSPS) is 12.1. The molecule has 0 fully saturated rings. The van der Waals surface area contributed by atoms with E-state index >= 15 is 0 Å². The van der Waals surface area contributed by atoms with Crippen LogP contribution in [0.25, 0.3) is 32.3 Å². The minimum Gasteiger partial charge on any atom is -0.493 e. The molecule has 0 bridgehead atoms. The van der Waals surface area contributed by atoms with Gasteiger partial charge >= 0.3 is 0 Å². The molecule has 0 N–H and O–H groups in total. The lowest BCUT2D eigenvalue weighted by molar-refractivity contribution is 0.0975. The van der Waals surface area contributed by atoms with E-state index in [0.29, 0.717) is 74.3 Å². The monoisotopic (exact) mass is 1190 g/mol. The van der Waals surface area contributed by atoms with E-state index in [1.165, 1.54) is 128 Å². The van der Waals surface area contributed by atoms with Crippen molar-refractivity contribution in [3.05, 3.63) is 101 Å². The Hall–Kier alpha value is -5.96. The van der Waals surface area contributed by atoms with Gasteiger partial charge in [0.25, 0.3) is 0 Å². The smallest absolute Gasteiger partial charge is 0.198 e. The highest BCUT2D eigenvalue weighted by molar-refractivity contribution is 6.29. The predicted octanol–water partition coefficient (Wildman–Crippen LogP) is 22.6. The zero-order chi connectivity index (χ0) is 61.1. The maximum atomic E-state index is 13.6. The molecule has 0 heterocycles. The molecule has 0 radical (unpaired) electrons. The molecule has 0 aliphatic heterocycles. The van der Waals surface area contributed by atoms with Crippen LogP contribution in [0, 0.1) is 0 Å². The molecule has 0 unspecified atom stereocenters. The molecule has 0 atom stereocenters. The van der Waals surface area contributed by atoms with Gasteiger partial charge < -0.3 is 33.2 Å². The van der Waals surface area contributed by atoms with Crippen molar-refractivity contribution in [2.45, 2.75) is 253 Å². The average Bonchev–Trinajstić information content (AvgIpc) is 0.948. The standard InChI is InChI=1S/C78H110O9/c1-6-11-16-21-26-35-48-82-70-54-63-64-55-71(83-49-36-27-22-17-12-7-2)73(85-51-38-29-24-19-14-9-4)57-66(64)68-59-75(74(86-52-39-30-25-20-15-10-5)58-67(68)65(63)56-72(70)84-50-37-28-23-18-13-8-3)87-53-41-32-31-40-47-81-69-46-42-45-62-76(69)78(80)61-44-34-33-43-60(61)77(62)79/h33-34,42-46,54-59H,6-32,35-41,47-53H2,1-5H3. The zero-order valence-electron chi connectivity index (χ0n) is 54.7. The number of hydrogen-bond acceptors (Lipinski definition) is 9. The number of ketones is 2. The summed E-state index contributed by atoms with van der Waals surface area (Å²) in [5.41, 5.74) is 1.65. The molecule has 6 aromatic carbocycles. The van der Waals surface area contributed by atoms with Crippen molar-refractivity contribution in [1.29, 1.82) is 0 Å². The van der Waals surface area contributed by atoms with Gasteiger partial charge in [-0.05, 0) is 133 Å². The summed E-state index contributed by atoms with van der Waals surface area (Å²) in [4.78, 5) is 27.0. The molecule has 7 rings (SSSR count). The summed E-state index contributed by atoms with van der Waals surface area (Å²) in [6, 6.07) is 25.8. The van der Waals surface area contributed by atoms with Crippen LogP contribution in [0.4, 0.5) is 0 Å². The van der Waals surface area contributed by atoms with E-state index < -0.39 is 0 Å². The highest BCUT2D eigenvalue weighted by Gasteiger charge is 2.32. The summed E-state index contributed by atoms with van der Waals surface area (Å²) in [5.74, 6) is 4.82. The van der Waals surface area contributed by atoms with E-state index in [2.05, 4.69) is 71.0 Å². The van der Waals surface area contributed by atoms with Gasteiger partial charge in [0.15, 0.2) is 46.1 Å². The van der Waals surface area contributed by atoms with Gasteiger partial charge in [0, 0.05) is 16.7 Å². The fourth-order valence-corrected chi connectivity index (χ4v) is 12.2. The number of carbonyl (C=O) groups is 2. The molecule has 87 heavy (non-hydrogen) atoms. The van der Waals surface area contributed by atoms with Crippen molar-refractivity contribution >= 4 is 43.9 Å². The van der Waals surface area contributed by atoms with Gasteiger partial charge in [0.2, 0.25) is 0 Å². The number of ether oxygens (including phenoxy) is 7. The van der Waals surface area contributed by atoms with Crippen LogP contribution in [-0.4, -0.2) is 57.8 Å². The summed E-state index contributed by atoms with van der Waals surface area (Å²) in [6.07, 6.45) is 39.1. The van der Waals surface area contributed by atoms with Crippen LogP contribution in [0.15, 0.2) is 78.9 Å². The number of rotatable bonds is 49. The Bertz CT molecular complexity index is 2920. The fraction of sp³-hybridized carbons (Fsp3) is 0.590. The van der Waals surface area contributed by atoms with Crippen LogP contribution in [-0.2, 0) is 0 Å². The van der Waals surface area contributed by atoms with Gasteiger partial charge in [0.05, 0.1) is 51.8 Å². The Labute approximate surface area is 524 Å². The van der Waals surface area contributed by atoms with Crippen molar-refractivity contribution < 1.29 is 42.7 Å². The van der Waals surface area contributed by atoms with Crippen LogP contribution in [0.2, 0.25) is 0 Å². The highest BCUT2D eigenvalue weighted by Crippen LogP contribution is 2.48. The summed E-state index contributed by atoms with van der Waals surface area (Å²) in [5, 5.41) is 6.48. The third-order valence-corrected chi connectivity index (χ3v) is 17.4. The van der Waals surface area contributed by atoms with Crippen LogP contribution >= 0.6 is 0 Å². The van der Waals surface area contributed by atoms with Crippen molar-refractivity contribution in [2.24, 2.45) is 0 Å². The van der Waals surface area contributed by atoms with Crippen LogP contribution in [0.3, 0.4) is 0 Å². The lowest BCUT2D eigenvalue weighted by Crippen LogP contribution is -2.21. The van der Waals surface area contributed by atoms with Gasteiger partial charge in [-0.3, -0.25) is 9.59 Å². The summed E-state index contributed by atoms with van der Waals surface area (Å²) >= 11 is 0. The maximum Gasteiger partial charge on any atom is 0.198 e. The second-order valence-electron chi connectivity index (χ2n) is 24.6. The summed E-state index contributed by atoms with van der Waals surface area (Å²) in [6.45, 7) is 15.5. The number of unbranched alkanes of at least 4 members (excludes halogenated alkanes) is 28. The largest absolute Gasteiger partial charge is 0.493 e. The van der Waals surface area contributed by atoms with Crippen molar-refractivity contribution in [2.75, 3.05) is 46.2 Å². The van der Waals surface area contributed by atoms with E-state index in [1.54, 1.807) is 42.5 Å². The van der Waals surface area contributed by atoms with E-state index in [1.807, 2.05) is 0 Å². The average molecular weight is 1190 g/mol. The first-order chi connectivity index (χ1) is 42.9. The third-order valence-electron chi connectivity index (χ3n) is 17.4. The molecule has 1 aliphatic rings. The number of hydrogen-bond donors (Lipinski definition) is 0. The third kappa shape index (κ3) is 21.4. The Morgan fingerprint density at radius 2 is 0.448 bits per heavy atom. The number of fused-ring (bicyclic) bond motifs is 8. The zero-order valence-corrected chi connectivity index (χ0v) is 54.7. The topological polar surface area (TPSA) is 98.8 Å². The van der Waals surface area contributed by atoms with Crippen molar-refractivity contribution in [3.63, 3.8) is 0 Å². The van der Waals surface area contributed by atoms with Crippen LogP contribution in [0.5, 0.6) is 40.2 Å². The van der Waals surface area contributed by atoms with Gasteiger partial charge in [-0.2, -0.15) is 0 Å². The number of benzene rings is 6. The molecule has 9 nitrogen and oxygen atoms in total. The van der Waals surface area contributed by atoms with Gasteiger partial charge in [0.1, 0.15) is 5.75 Å². The van der Waals surface area contributed by atoms with Crippen molar-refractivity contribution in [3.8, 4) is 40.2 Å². The SMILES string of the molecule is CCCCCCCCOc1cc2c3cc(OCCCCCCCC)c(OCCCCCCCC)cc3c3cc(OCCCCCCOc4cccc5c4C(=O)c4ccccc4C5=O)c(OCCCCCCCC)cc3c2cc1OCCCCCCCC. The first-order valence-corrected chi connectivity index (χ1v) is 35.2. The van der Waals surface area contributed by atoms with E-state index in [0.717, 1.165) is 157 Å². The summed E-state index contributed by atoms with van der Waals surface area (Å²) in [7, 11) is 0. The van der Waals surface area contributed by atoms with Crippen LogP contribution in [0.1, 0.15) is 285 Å². The fourth-order valence-electron chi connectivity index (χ4n) is 12.2. The highest BCUT2D eigenvalue weighted by atomic mass is 16.5. The Morgan fingerprint density at radius 3 is 0.713 bits per heavy atom. The van der Waals surface area contributed by atoms with E-state index in [9.17, 15) is 9.59 Å². The Balaban J connectivity index is 1.21. The van der Waals surface area contributed by atoms with Crippen LogP contribution < -0.4 is 33.2 Å². The molecule has 0 amide bonds. The maximum absolute atomic E-state index is 13.6. The summed E-state index contributed by atoms with van der Waals surface area (Å²) < 4.78 is 47.3. The van der Waals surface area contributed by atoms with Gasteiger partial charge in [-0.25, -0.2) is 0 Å². The van der Waals surface area contributed by atoms with E-state index in [4.69, 9.17) is 33.2 Å². The van der Waals surface area contributed by atoms with Crippen molar-refractivity contribution in [1.82, 2.24) is 0 Å². The number of carbonyl (C=O) groups excluding carboxylic acids is 2. The minimum atomic E-state index is -0.164. The second-order valence-corrected chi connectivity index (χ2v) is 24.6. The minimum absolute atomic E-state index is 0.138. The molecule has 0 saturated heterocycles.